The van der Waals surface area contributed by atoms with E-state index < -0.39 is 10.8 Å². The molecule has 0 saturated heterocycles. The van der Waals surface area contributed by atoms with Crippen LogP contribution in [0.4, 0.5) is 11.4 Å². The van der Waals surface area contributed by atoms with Crippen molar-refractivity contribution in [1.82, 2.24) is 4.98 Å². The molecule has 28 heavy (non-hydrogen) atoms. The number of carbonyl (C=O) groups is 1. The van der Waals surface area contributed by atoms with Crippen LogP contribution < -0.4 is 5.32 Å². The highest BCUT2D eigenvalue weighted by molar-refractivity contribution is 9.10. The van der Waals surface area contributed by atoms with Crippen molar-refractivity contribution in [3.8, 4) is 11.5 Å². The van der Waals surface area contributed by atoms with Gasteiger partial charge in [-0.3, -0.25) is 14.9 Å². The van der Waals surface area contributed by atoms with Crippen LogP contribution >= 0.6 is 15.9 Å². The third kappa shape index (κ3) is 3.49. The number of oxazole rings is 1. The Morgan fingerprint density at radius 2 is 1.82 bits per heavy atom. The number of nitro groups is 1. The first kappa shape index (κ1) is 17.9. The average molecular weight is 438 g/mol. The summed E-state index contributed by atoms with van der Waals surface area (Å²) < 4.78 is 6.20. The Morgan fingerprint density at radius 1 is 1.07 bits per heavy atom. The predicted octanol–water partition coefficient (Wildman–Crippen LogP) is 5.42. The van der Waals surface area contributed by atoms with E-state index in [9.17, 15) is 14.9 Å². The molecule has 3 aromatic carbocycles. The molecule has 1 N–H and O–H groups in total. The van der Waals surface area contributed by atoms with Gasteiger partial charge < -0.3 is 9.73 Å². The number of carbonyl (C=O) groups excluding carboxylic acids is 1. The minimum Gasteiger partial charge on any atom is -0.436 e. The molecule has 1 heterocycles. The number of halogens is 1. The largest absolute Gasteiger partial charge is 0.436 e. The summed E-state index contributed by atoms with van der Waals surface area (Å²) in [5.74, 6) is 0.0330. The molecule has 0 aliphatic heterocycles. The lowest BCUT2D eigenvalue weighted by Crippen LogP contribution is -2.12. The summed E-state index contributed by atoms with van der Waals surface area (Å²) in [4.78, 5) is 27.3. The number of benzene rings is 3. The molecule has 0 atom stereocenters. The van der Waals surface area contributed by atoms with E-state index in [-0.39, 0.29) is 11.3 Å². The topological polar surface area (TPSA) is 98.3 Å². The molecule has 0 bridgehead atoms. The molecule has 0 aliphatic carbocycles. The molecule has 0 saturated carbocycles. The first-order valence-electron chi connectivity index (χ1n) is 8.22. The van der Waals surface area contributed by atoms with Gasteiger partial charge in [0, 0.05) is 27.9 Å². The summed E-state index contributed by atoms with van der Waals surface area (Å²) in [7, 11) is 0. The van der Waals surface area contributed by atoms with Crippen LogP contribution in [0, 0.1) is 10.1 Å². The highest BCUT2D eigenvalue weighted by Gasteiger charge is 2.16. The molecule has 138 valence electrons. The van der Waals surface area contributed by atoms with Crippen LogP contribution in [-0.4, -0.2) is 15.8 Å². The fraction of sp³-hybridized carbons (Fsp3) is 0. The standard InChI is InChI=1S/C20H12BrN3O4/c21-16-10-9-14(24(26)27)11-15(16)19(25)22-13-7-5-12(6-8-13)20-23-17-3-1-2-4-18(17)28-20/h1-11H,(H,22,25). The molecule has 8 heteroatoms. The van der Waals surface area contributed by atoms with Gasteiger partial charge in [0.1, 0.15) is 5.52 Å². The summed E-state index contributed by atoms with van der Waals surface area (Å²) in [5, 5.41) is 13.7. The third-order valence-electron chi connectivity index (χ3n) is 4.09. The number of rotatable bonds is 4. The summed E-state index contributed by atoms with van der Waals surface area (Å²) in [6, 6.07) is 18.5. The molecule has 0 spiro atoms. The molecule has 0 aliphatic rings. The quantitative estimate of drug-likeness (QED) is 0.339. The molecule has 0 fully saturated rings. The Labute approximate surface area is 167 Å². The number of amides is 1. The Kier molecular flexibility index (Phi) is 4.62. The van der Waals surface area contributed by atoms with Gasteiger partial charge in [-0.2, -0.15) is 0 Å². The zero-order valence-electron chi connectivity index (χ0n) is 14.3. The van der Waals surface area contributed by atoms with Gasteiger partial charge in [-0.15, -0.1) is 0 Å². The smallest absolute Gasteiger partial charge is 0.270 e. The zero-order chi connectivity index (χ0) is 19.7. The van der Waals surface area contributed by atoms with E-state index in [0.717, 1.165) is 11.1 Å². The molecule has 0 unspecified atom stereocenters. The summed E-state index contributed by atoms with van der Waals surface area (Å²) in [5.41, 5.74) is 2.81. The number of nitrogens with zero attached hydrogens (tertiary/aromatic N) is 2. The van der Waals surface area contributed by atoms with Crippen molar-refractivity contribution in [2.75, 3.05) is 5.32 Å². The second kappa shape index (κ2) is 7.24. The highest BCUT2D eigenvalue weighted by atomic mass is 79.9. The predicted molar refractivity (Wildman–Crippen MR) is 108 cm³/mol. The fourth-order valence-corrected chi connectivity index (χ4v) is 3.12. The summed E-state index contributed by atoms with van der Waals surface area (Å²) in [6.07, 6.45) is 0. The van der Waals surface area contributed by atoms with E-state index in [1.807, 2.05) is 24.3 Å². The molecule has 1 amide bonds. The minimum atomic E-state index is -0.543. The molecule has 4 aromatic rings. The number of hydrogen-bond acceptors (Lipinski definition) is 5. The monoisotopic (exact) mass is 437 g/mol. The number of fused-ring (bicyclic) bond motifs is 1. The molecule has 4 rings (SSSR count). The lowest BCUT2D eigenvalue weighted by molar-refractivity contribution is -0.384. The number of nitro benzene ring substituents is 1. The van der Waals surface area contributed by atoms with E-state index in [2.05, 4.69) is 26.2 Å². The van der Waals surface area contributed by atoms with Gasteiger partial charge in [-0.05, 0) is 58.4 Å². The van der Waals surface area contributed by atoms with E-state index in [4.69, 9.17) is 4.42 Å². The maximum absolute atomic E-state index is 12.5. The summed E-state index contributed by atoms with van der Waals surface area (Å²) >= 11 is 3.25. The van der Waals surface area contributed by atoms with Crippen molar-refractivity contribution in [2.45, 2.75) is 0 Å². The van der Waals surface area contributed by atoms with Crippen molar-refractivity contribution in [3.05, 3.63) is 86.9 Å². The van der Waals surface area contributed by atoms with Gasteiger partial charge in [-0.25, -0.2) is 4.98 Å². The first-order chi connectivity index (χ1) is 13.5. The zero-order valence-corrected chi connectivity index (χ0v) is 15.8. The Bertz CT molecular complexity index is 1170. The van der Waals surface area contributed by atoms with Gasteiger partial charge in [0.05, 0.1) is 10.5 Å². The molecular formula is C20H12BrN3O4. The number of nitrogens with one attached hydrogen (secondary N) is 1. The van der Waals surface area contributed by atoms with Crippen molar-refractivity contribution in [3.63, 3.8) is 0 Å². The fourth-order valence-electron chi connectivity index (χ4n) is 2.69. The van der Waals surface area contributed by atoms with Crippen LogP contribution in [0.5, 0.6) is 0 Å². The Morgan fingerprint density at radius 3 is 2.54 bits per heavy atom. The van der Waals surface area contributed by atoms with Crippen LogP contribution in [0.1, 0.15) is 10.4 Å². The normalized spacial score (nSPS) is 10.8. The van der Waals surface area contributed by atoms with E-state index >= 15 is 0 Å². The van der Waals surface area contributed by atoms with Gasteiger partial charge in [0.25, 0.3) is 11.6 Å². The molecular weight excluding hydrogens is 426 g/mol. The van der Waals surface area contributed by atoms with Crippen LogP contribution in [0.2, 0.25) is 0 Å². The number of para-hydroxylation sites is 2. The lowest BCUT2D eigenvalue weighted by atomic mass is 10.1. The average Bonchev–Trinajstić information content (AvgIpc) is 3.13. The van der Waals surface area contributed by atoms with Crippen molar-refractivity contribution < 1.29 is 14.1 Å². The van der Waals surface area contributed by atoms with Crippen LogP contribution in [-0.2, 0) is 0 Å². The van der Waals surface area contributed by atoms with Crippen molar-refractivity contribution in [2.24, 2.45) is 0 Å². The Balaban J connectivity index is 1.55. The van der Waals surface area contributed by atoms with Gasteiger partial charge >= 0.3 is 0 Å². The Hall–Kier alpha value is -3.52. The minimum absolute atomic E-state index is 0.153. The highest BCUT2D eigenvalue weighted by Crippen LogP contribution is 2.26. The molecule has 7 nitrogen and oxygen atoms in total. The van der Waals surface area contributed by atoms with E-state index in [1.165, 1.54) is 18.2 Å². The van der Waals surface area contributed by atoms with Crippen LogP contribution in [0.15, 0.2) is 75.6 Å². The number of non-ortho nitro benzene ring substituents is 1. The van der Waals surface area contributed by atoms with Crippen LogP contribution in [0.25, 0.3) is 22.6 Å². The van der Waals surface area contributed by atoms with E-state index in [0.29, 0.717) is 21.6 Å². The SMILES string of the molecule is O=C(Nc1ccc(-c2nc3ccccc3o2)cc1)c1cc([N+](=O)[O-])ccc1Br. The number of hydrogen-bond donors (Lipinski definition) is 1. The second-order valence-corrected chi connectivity index (χ2v) is 6.79. The lowest BCUT2D eigenvalue weighted by Gasteiger charge is -2.07. The molecule has 0 radical (unpaired) electrons. The van der Waals surface area contributed by atoms with Crippen molar-refractivity contribution in [1.29, 1.82) is 0 Å². The maximum Gasteiger partial charge on any atom is 0.270 e. The molecule has 1 aromatic heterocycles. The second-order valence-electron chi connectivity index (χ2n) is 5.94. The van der Waals surface area contributed by atoms with Gasteiger partial charge in [0.15, 0.2) is 5.58 Å². The van der Waals surface area contributed by atoms with E-state index in [1.54, 1.807) is 24.3 Å². The maximum atomic E-state index is 12.5. The van der Waals surface area contributed by atoms with Gasteiger partial charge in [-0.1, -0.05) is 12.1 Å². The number of aromatic nitrogens is 1. The van der Waals surface area contributed by atoms with Gasteiger partial charge in [0.2, 0.25) is 5.89 Å². The third-order valence-corrected chi connectivity index (χ3v) is 4.78. The first-order valence-corrected chi connectivity index (χ1v) is 9.02. The summed E-state index contributed by atoms with van der Waals surface area (Å²) in [6.45, 7) is 0. The van der Waals surface area contributed by atoms with Crippen LogP contribution in [0.3, 0.4) is 0 Å². The number of anilines is 1. The van der Waals surface area contributed by atoms with Crippen molar-refractivity contribution >= 4 is 44.3 Å².